The van der Waals surface area contributed by atoms with Crippen LogP contribution in [-0.2, 0) is 19.4 Å². The lowest BCUT2D eigenvalue weighted by Gasteiger charge is -2.10. The maximum Gasteiger partial charge on any atom is 0.573 e. The molecule has 25 heavy (non-hydrogen) atoms. The number of aliphatic imine (C=N–C) groups is 1. The topological polar surface area (TPSA) is 85.7 Å². The third-order valence-corrected chi connectivity index (χ3v) is 3.37. The number of nitrogens with zero attached hydrogens (tertiary/aromatic N) is 2. The van der Waals surface area contributed by atoms with Gasteiger partial charge in [-0.3, -0.25) is 0 Å². The molecule has 2 aromatic rings. The SMILES string of the molecule is CCc1noc(CC)c1CN=C(N)Nc1ccc(OC(F)(F)F)cc1. The molecular weight excluding hydrogens is 337 g/mol. The van der Waals surface area contributed by atoms with Gasteiger partial charge in [-0.25, -0.2) is 4.99 Å². The van der Waals surface area contributed by atoms with E-state index >= 15 is 0 Å². The minimum Gasteiger partial charge on any atom is -0.406 e. The van der Waals surface area contributed by atoms with Gasteiger partial charge in [0.25, 0.3) is 0 Å². The third-order valence-electron chi connectivity index (χ3n) is 3.37. The van der Waals surface area contributed by atoms with Gasteiger partial charge in [0.2, 0.25) is 0 Å². The fourth-order valence-electron chi connectivity index (χ4n) is 2.21. The maximum absolute atomic E-state index is 12.1. The first-order valence-corrected chi connectivity index (χ1v) is 7.71. The molecule has 136 valence electrons. The Morgan fingerprint density at radius 3 is 2.48 bits per heavy atom. The molecule has 0 saturated carbocycles. The molecule has 1 heterocycles. The smallest absolute Gasteiger partial charge is 0.406 e. The van der Waals surface area contributed by atoms with Crippen LogP contribution < -0.4 is 15.8 Å². The molecule has 6 nitrogen and oxygen atoms in total. The fourth-order valence-corrected chi connectivity index (χ4v) is 2.21. The average Bonchev–Trinajstić information content (AvgIpc) is 2.95. The van der Waals surface area contributed by atoms with Crippen molar-refractivity contribution in [2.24, 2.45) is 10.7 Å². The Labute approximate surface area is 142 Å². The number of nitrogens with one attached hydrogen (secondary N) is 1. The predicted octanol–water partition coefficient (Wildman–Crippen LogP) is 3.62. The Balaban J connectivity index is 2.01. The average molecular weight is 356 g/mol. The van der Waals surface area contributed by atoms with E-state index in [4.69, 9.17) is 10.3 Å². The van der Waals surface area contributed by atoms with Crippen molar-refractivity contribution in [2.45, 2.75) is 39.6 Å². The lowest BCUT2D eigenvalue weighted by molar-refractivity contribution is -0.274. The molecule has 3 N–H and O–H groups in total. The molecule has 0 saturated heterocycles. The summed E-state index contributed by atoms with van der Waals surface area (Å²) in [6, 6.07) is 5.20. The number of rotatable bonds is 6. The molecule has 0 radical (unpaired) electrons. The highest BCUT2D eigenvalue weighted by molar-refractivity contribution is 5.92. The van der Waals surface area contributed by atoms with Crippen LogP contribution in [0.15, 0.2) is 33.8 Å². The maximum atomic E-state index is 12.1. The highest BCUT2D eigenvalue weighted by Crippen LogP contribution is 2.24. The number of hydrogen-bond donors (Lipinski definition) is 2. The normalized spacial score (nSPS) is 12.3. The Hall–Kier alpha value is -2.71. The second-order valence-electron chi connectivity index (χ2n) is 5.14. The van der Waals surface area contributed by atoms with Gasteiger partial charge < -0.3 is 20.3 Å². The van der Waals surface area contributed by atoms with Crippen molar-refractivity contribution >= 4 is 11.6 Å². The van der Waals surface area contributed by atoms with E-state index in [0.717, 1.165) is 23.4 Å². The van der Waals surface area contributed by atoms with Crippen LogP contribution in [0.5, 0.6) is 5.75 Å². The highest BCUT2D eigenvalue weighted by atomic mass is 19.4. The van der Waals surface area contributed by atoms with Gasteiger partial charge in [-0.2, -0.15) is 0 Å². The number of halogens is 3. The van der Waals surface area contributed by atoms with Crippen LogP contribution in [0.2, 0.25) is 0 Å². The quantitative estimate of drug-likeness (QED) is 0.610. The second kappa shape index (κ2) is 7.91. The van der Waals surface area contributed by atoms with Crippen molar-refractivity contribution in [1.82, 2.24) is 5.16 Å². The summed E-state index contributed by atoms with van der Waals surface area (Å²) >= 11 is 0. The lowest BCUT2D eigenvalue weighted by Crippen LogP contribution is -2.22. The summed E-state index contributed by atoms with van der Waals surface area (Å²) in [6.07, 6.45) is -3.30. The number of ether oxygens (including phenoxy) is 1. The molecule has 0 atom stereocenters. The molecule has 9 heteroatoms. The van der Waals surface area contributed by atoms with Crippen molar-refractivity contribution in [1.29, 1.82) is 0 Å². The fraction of sp³-hybridized carbons (Fsp3) is 0.375. The van der Waals surface area contributed by atoms with Crippen LogP contribution in [0, 0.1) is 0 Å². The Morgan fingerprint density at radius 1 is 1.24 bits per heavy atom. The van der Waals surface area contributed by atoms with Gasteiger partial charge in [0.15, 0.2) is 5.96 Å². The molecule has 2 rings (SSSR count). The molecular formula is C16H19F3N4O2. The number of anilines is 1. The molecule has 0 amide bonds. The Kier molecular flexibility index (Phi) is 5.89. The number of hydrogen-bond acceptors (Lipinski definition) is 4. The van der Waals surface area contributed by atoms with Crippen molar-refractivity contribution in [3.05, 3.63) is 41.3 Å². The molecule has 0 spiro atoms. The van der Waals surface area contributed by atoms with E-state index in [2.05, 4.69) is 20.2 Å². The minimum absolute atomic E-state index is 0.134. The van der Waals surface area contributed by atoms with E-state index in [0.29, 0.717) is 18.7 Å². The largest absolute Gasteiger partial charge is 0.573 e. The molecule has 0 aliphatic rings. The van der Waals surface area contributed by atoms with Crippen molar-refractivity contribution < 1.29 is 22.4 Å². The summed E-state index contributed by atoms with van der Waals surface area (Å²) < 4.78 is 45.4. The number of alkyl halides is 3. The summed E-state index contributed by atoms with van der Waals surface area (Å²) in [6.45, 7) is 4.24. The van der Waals surface area contributed by atoms with Crippen LogP contribution in [0.1, 0.15) is 30.9 Å². The summed E-state index contributed by atoms with van der Waals surface area (Å²) in [5, 5.41) is 6.80. The molecule has 1 aromatic carbocycles. The van der Waals surface area contributed by atoms with E-state index in [1.807, 2.05) is 13.8 Å². The van der Waals surface area contributed by atoms with E-state index in [1.165, 1.54) is 24.3 Å². The van der Waals surface area contributed by atoms with E-state index < -0.39 is 6.36 Å². The van der Waals surface area contributed by atoms with Crippen molar-refractivity contribution in [3.63, 3.8) is 0 Å². The molecule has 0 aliphatic heterocycles. The van der Waals surface area contributed by atoms with Gasteiger partial charge in [0, 0.05) is 17.7 Å². The van der Waals surface area contributed by atoms with Gasteiger partial charge in [0.05, 0.1) is 12.2 Å². The molecule has 0 bridgehead atoms. The molecule has 0 unspecified atom stereocenters. The van der Waals surface area contributed by atoms with Crippen LogP contribution in [0.3, 0.4) is 0 Å². The number of guanidine groups is 1. The number of aromatic nitrogens is 1. The van der Waals surface area contributed by atoms with Crippen LogP contribution in [-0.4, -0.2) is 17.5 Å². The third kappa shape index (κ3) is 5.40. The van der Waals surface area contributed by atoms with Gasteiger partial charge in [-0.1, -0.05) is 19.0 Å². The molecule has 0 aliphatic carbocycles. The van der Waals surface area contributed by atoms with Crippen LogP contribution in [0.25, 0.3) is 0 Å². The predicted molar refractivity (Wildman–Crippen MR) is 87.3 cm³/mol. The number of aryl methyl sites for hydroxylation is 2. The van der Waals surface area contributed by atoms with Gasteiger partial charge in [0.1, 0.15) is 11.5 Å². The summed E-state index contributed by atoms with van der Waals surface area (Å²) in [5.41, 5.74) is 8.06. The van der Waals surface area contributed by atoms with E-state index in [1.54, 1.807) is 0 Å². The first-order chi connectivity index (χ1) is 11.8. The summed E-state index contributed by atoms with van der Waals surface area (Å²) in [5.74, 6) is 0.593. The lowest BCUT2D eigenvalue weighted by atomic mass is 10.1. The number of nitrogens with two attached hydrogens (primary N) is 1. The standard InChI is InChI=1S/C16H19F3N4O2/c1-3-13-12(14(4-2)25-23-13)9-21-15(20)22-10-5-7-11(8-6-10)24-16(17,18)19/h5-8H,3-4,9H2,1-2H3,(H3,20,21,22). The van der Waals surface area contributed by atoms with Crippen LogP contribution in [0.4, 0.5) is 18.9 Å². The Morgan fingerprint density at radius 2 is 1.92 bits per heavy atom. The first kappa shape index (κ1) is 18.6. The van der Waals surface area contributed by atoms with Gasteiger partial charge >= 0.3 is 6.36 Å². The van der Waals surface area contributed by atoms with Crippen molar-refractivity contribution in [2.75, 3.05) is 5.32 Å². The monoisotopic (exact) mass is 356 g/mol. The zero-order valence-electron chi connectivity index (χ0n) is 13.9. The van der Waals surface area contributed by atoms with Gasteiger partial charge in [-0.05, 0) is 30.7 Å². The van der Waals surface area contributed by atoms with Gasteiger partial charge in [-0.15, -0.1) is 13.2 Å². The minimum atomic E-state index is -4.72. The Bertz CT molecular complexity index is 702. The first-order valence-electron chi connectivity index (χ1n) is 7.71. The second-order valence-corrected chi connectivity index (χ2v) is 5.14. The van der Waals surface area contributed by atoms with E-state index in [9.17, 15) is 13.2 Å². The van der Waals surface area contributed by atoms with E-state index in [-0.39, 0.29) is 11.7 Å². The zero-order chi connectivity index (χ0) is 18.4. The number of benzene rings is 1. The summed E-state index contributed by atoms with van der Waals surface area (Å²) in [7, 11) is 0. The molecule has 0 fully saturated rings. The highest BCUT2D eigenvalue weighted by Gasteiger charge is 2.30. The van der Waals surface area contributed by atoms with Crippen molar-refractivity contribution in [3.8, 4) is 5.75 Å². The molecule has 1 aromatic heterocycles. The summed E-state index contributed by atoms with van der Waals surface area (Å²) in [4.78, 5) is 4.23. The zero-order valence-corrected chi connectivity index (χ0v) is 13.9. The van der Waals surface area contributed by atoms with Crippen LogP contribution >= 0.6 is 0 Å².